The molecule has 5 heteroatoms. The van der Waals surface area contributed by atoms with Gasteiger partial charge in [0.15, 0.2) is 6.61 Å². The van der Waals surface area contributed by atoms with Crippen LogP contribution in [0.3, 0.4) is 0 Å². The van der Waals surface area contributed by atoms with Crippen LogP contribution in [0.4, 0.5) is 0 Å². The summed E-state index contributed by atoms with van der Waals surface area (Å²) >= 11 is 5.62. The van der Waals surface area contributed by atoms with Crippen molar-refractivity contribution in [2.75, 3.05) is 6.61 Å². The van der Waals surface area contributed by atoms with Crippen molar-refractivity contribution in [3.63, 3.8) is 0 Å². The van der Waals surface area contributed by atoms with E-state index in [1.54, 1.807) is 0 Å². The maximum atomic E-state index is 11.7. The van der Waals surface area contributed by atoms with E-state index in [4.69, 9.17) is 4.74 Å². The van der Waals surface area contributed by atoms with Gasteiger partial charge in [-0.05, 0) is 53.6 Å². The van der Waals surface area contributed by atoms with Crippen molar-refractivity contribution in [3.8, 4) is 5.75 Å². The summed E-state index contributed by atoms with van der Waals surface area (Å²) in [7, 11) is 0. The maximum absolute atomic E-state index is 11.7. The third-order valence-corrected chi connectivity index (χ3v) is 4.01. The molecule has 0 spiro atoms. The number of hydrogen-bond donors (Lipinski definition) is 1. The molecule has 1 saturated carbocycles. The Kier molecular flexibility index (Phi) is 5.29. The standard InChI is InChI=1S/C13H15BrINO2/c14-9-5-10(15)7-12(6-9)18-8-13(17)16-11-3-1-2-4-11/h5-7,11H,1-4,8H2,(H,16,17). The predicted molar refractivity (Wildman–Crippen MR) is 82.8 cm³/mol. The monoisotopic (exact) mass is 423 g/mol. The molecule has 1 amide bonds. The van der Waals surface area contributed by atoms with Crippen LogP contribution < -0.4 is 10.1 Å². The molecule has 1 aliphatic carbocycles. The van der Waals surface area contributed by atoms with Crippen LogP contribution in [-0.2, 0) is 4.79 Å². The van der Waals surface area contributed by atoms with Crippen LogP contribution in [0.1, 0.15) is 25.7 Å². The zero-order valence-electron chi connectivity index (χ0n) is 9.92. The molecule has 0 unspecified atom stereocenters. The highest BCUT2D eigenvalue weighted by atomic mass is 127. The topological polar surface area (TPSA) is 38.3 Å². The summed E-state index contributed by atoms with van der Waals surface area (Å²) in [6.07, 6.45) is 4.63. The lowest BCUT2D eigenvalue weighted by Crippen LogP contribution is -2.36. The molecule has 3 nitrogen and oxygen atoms in total. The minimum atomic E-state index is -0.0307. The van der Waals surface area contributed by atoms with Crippen molar-refractivity contribution < 1.29 is 9.53 Å². The van der Waals surface area contributed by atoms with E-state index in [0.717, 1.165) is 26.6 Å². The molecule has 1 N–H and O–H groups in total. The molecule has 18 heavy (non-hydrogen) atoms. The fourth-order valence-corrected chi connectivity index (χ4v) is 3.64. The molecule has 1 aliphatic rings. The van der Waals surface area contributed by atoms with Crippen LogP contribution in [0.2, 0.25) is 0 Å². The van der Waals surface area contributed by atoms with Crippen LogP contribution in [-0.4, -0.2) is 18.6 Å². The van der Waals surface area contributed by atoms with Crippen molar-refractivity contribution in [2.45, 2.75) is 31.7 Å². The average molecular weight is 424 g/mol. The first-order chi connectivity index (χ1) is 8.63. The number of ether oxygens (including phenoxy) is 1. The van der Waals surface area contributed by atoms with E-state index < -0.39 is 0 Å². The third kappa shape index (κ3) is 4.42. The van der Waals surface area contributed by atoms with E-state index >= 15 is 0 Å². The molecule has 2 rings (SSSR count). The molecule has 0 heterocycles. The van der Waals surface area contributed by atoms with Gasteiger partial charge in [-0.1, -0.05) is 28.8 Å². The second-order valence-electron chi connectivity index (χ2n) is 4.44. The van der Waals surface area contributed by atoms with E-state index in [2.05, 4.69) is 43.8 Å². The van der Waals surface area contributed by atoms with E-state index in [0.29, 0.717) is 6.04 Å². The summed E-state index contributed by atoms with van der Waals surface area (Å²) in [6, 6.07) is 6.12. The third-order valence-electron chi connectivity index (χ3n) is 2.93. The maximum Gasteiger partial charge on any atom is 0.258 e. The summed E-state index contributed by atoms with van der Waals surface area (Å²) in [5.74, 6) is 0.687. The molecule has 1 fully saturated rings. The molecule has 0 aliphatic heterocycles. The molecule has 98 valence electrons. The minimum Gasteiger partial charge on any atom is -0.484 e. The number of nitrogens with one attached hydrogen (secondary N) is 1. The molecule has 0 bridgehead atoms. The second kappa shape index (κ2) is 6.75. The van der Waals surface area contributed by atoms with Crippen molar-refractivity contribution >= 4 is 44.4 Å². The first-order valence-electron chi connectivity index (χ1n) is 6.02. The molecule has 0 radical (unpaired) electrons. The Balaban J connectivity index is 1.81. The van der Waals surface area contributed by atoms with Gasteiger partial charge in [-0.3, -0.25) is 4.79 Å². The molecule has 1 aromatic carbocycles. The van der Waals surface area contributed by atoms with Gasteiger partial charge in [0, 0.05) is 14.1 Å². The van der Waals surface area contributed by atoms with Crippen molar-refractivity contribution in [1.82, 2.24) is 5.32 Å². The van der Waals surface area contributed by atoms with Crippen LogP contribution in [0.5, 0.6) is 5.75 Å². The van der Waals surface area contributed by atoms with Gasteiger partial charge in [-0.15, -0.1) is 0 Å². The Morgan fingerprint density at radius 2 is 2.11 bits per heavy atom. The molecular weight excluding hydrogens is 409 g/mol. The average Bonchev–Trinajstić information content (AvgIpc) is 2.78. The number of rotatable bonds is 4. The highest BCUT2D eigenvalue weighted by molar-refractivity contribution is 14.1. The highest BCUT2D eigenvalue weighted by Gasteiger charge is 2.17. The fourth-order valence-electron chi connectivity index (χ4n) is 2.10. The Morgan fingerprint density at radius 1 is 1.39 bits per heavy atom. The summed E-state index contributed by atoms with van der Waals surface area (Å²) in [6.45, 7) is 0.0863. The number of hydrogen-bond acceptors (Lipinski definition) is 2. The zero-order valence-corrected chi connectivity index (χ0v) is 13.7. The Labute approximate surface area is 129 Å². The Bertz CT molecular complexity index is 413. The van der Waals surface area contributed by atoms with Crippen LogP contribution >= 0.6 is 38.5 Å². The smallest absolute Gasteiger partial charge is 0.258 e. The predicted octanol–water partition coefficient (Wildman–Crippen LogP) is 3.49. The second-order valence-corrected chi connectivity index (χ2v) is 6.60. The largest absolute Gasteiger partial charge is 0.484 e. The van der Waals surface area contributed by atoms with E-state index in [9.17, 15) is 4.79 Å². The minimum absolute atomic E-state index is 0.0307. The number of carbonyl (C=O) groups excluding carboxylic acids is 1. The molecule has 0 saturated heterocycles. The lowest BCUT2D eigenvalue weighted by atomic mass is 10.2. The van der Waals surface area contributed by atoms with Crippen LogP contribution in [0.15, 0.2) is 22.7 Å². The van der Waals surface area contributed by atoms with Crippen molar-refractivity contribution in [3.05, 3.63) is 26.2 Å². The van der Waals surface area contributed by atoms with Gasteiger partial charge >= 0.3 is 0 Å². The van der Waals surface area contributed by atoms with Crippen LogP contribution in [0, 0.1) is 3.57 Å². The van der Waals surface area contributed by atoms with Gasteiger partial charge < -0.3 is 10.1 Å². The van der Waals surface area contributed by atoms with E-state index in [1.165, 1.54) is 12.8 Å². The Hall–Kier alpha value is -0.300. The van der Waals surface area contributed by atoms with Gasteiger partial charge in [0.05, 0.1) is 0 Å². The first kappa shape index (κ1) is 14.1. The highest BCUT2D eigenvalue weighted by Crippen LogP contribution is 2.22. The summed E-state index contributed by atoms with van der Waals surface area (Å²) in [4.78, 5) is 11.7. The quantitative estimate of drug-likeness (QED) is 0.752. The van der Waals surface area contributed by atoms with E-state index in [-0.39, 0.29) is 12.5 Å². The lowest BCUT2D eigenvalue weighted by Gasteiger charge is -2.12. The first-order valence-corrected chi connectivity index (χ1v) is 7.89. The van der Waals surface area contributed by atoms with Crippen molar-refractivity contribution in [1.29, 1.82) is 0 Å². The number of benzene rings is 1. The molecule has 0 aromatic heterocycles. The fraction of sp³-hybridized carbons (Fsp3) is 0.462. The number of carbonyl (C=O) groups is 1. The van der Waals surface area contributed by atoms with Gasteiger partial charge in [0.1, 0.15) is 5.75 Å². The summed E-state index contributed by atoms with van der Waals surface area (Å²) in [5.41, 5.74) is 0. The SMILES string of the molecule is O=C(COc1cc(Br)cc(I)c1)NC1CCCC1. The molecular formula is C13H15BrINO2. The molecule has 0 atom stereocenters. The van der Waals surface area contributed by atoms with E-state index in [1.807, 2.05) is 18.2 Å². The van der Waals surface area contributed by atoms with Gasteiger partial charge in [-0.25, -0.2) is 0 Å². The van der Waals surface area contributed by atoms with Crippen molar-refractivity contribution in [2.24, 2.45) is 0 Å². The number of halogens is 2. The normalized spacial score (nSPS) is 15.7. The van der Waals surface area contributed by atoms with Gasteiger partial charge in [0.2, 0.25) is 0 Å². The summed E-state index contributed by atoms with van der Waals surface area (Å²) in [5, 5.41) is 3.00. The number of amides is 1. The zero-order chi connectivity index (χ0) is 13.0. The van der Waals surface area contributed by atoms with Gasteiger partial charge in [0.25, 0.3) is 5.91 Å². The summed E-state index contributed by atoms with van der Waals surface area (Å²) < 4.78 is 7.53. The van der Waals surface area contributed by atoms with Crippen LogP contribution in [0.25, 0.3) is 0 Å². The molecule has 1 aromatic rings. The van der Waals surface area contributed by atoms with Gasteiger partial charge in [-0.2, -0.15) is 0 Å². The Morgan fingerprint density at radius 3 is 2.78 bits per heavy atom. The lowest BCUT2D eigenvalue weighted by molar-refractivity contribution is -0.123.